The van der Waals surface area contributed by atoms with Crippen LogP contribution in [0.5, 0.6) is 0 Å². The van der Waals surface area contributed by atoms with Crippen molar-refractivity contribution in [3.63, 3.8) is 0 Å². The molecule has 0 aliphatic heterocycles. The fraction of sp³-hybridized carbons (Fsp3) is 0.188. The molecule has 0 N–H and O–H groups in total. The number of esters is 1. The third kappa shape index (κ3) is 2.61. The second kappa shape index (κ2) is 5.68. The van der Waals surface area contributed by atoms with Crippen LogP contribution < -0.4 is 4.90 Å². The van der Waals surface area contributed by atoms with E-state index < -0.39 is 5.97 Å². The summed E-state index contributed by atoms with van der Waals surface area (Å²) in [5.41, 5.74) is 0.906. The molecule has 0 atom stereocenters. The Labute approximate surface area is 132 Å². The van der Waals surface area contributed by atoms with E-state index in [0.29, 0.717) is 28.4 Å². The number of aromatic nitrogens is 3. The Hall–Kier alpha value is -2.96. The molecule has 6 nitrogen and oxygen atoms in total. The molecule has 0 amide bonds. The number of ether oxygens (including phenoxy) is 1. The van der Waals surface area contributed by atoms with Crippen molar-refractivity contribution in [3.05, 3.63) is 48.0 Å². The van der Waals surface area contributed by atoms with Gasteiger partial charge in [-0.05, 0) is 30.3 Å². The topological polar surface area (TPSA) is 60.3 Å². The summed E-state index contributed by atoms with van der Waals surface area (Å²) < 4.78 is 19.8. The van der Waals surface area contributed by atoms with Gasteiger partial charge in [-0.2, -0.15) is 4.98 Å². The van der Waals surface area contributed by atoms with E-state index in [1.165, 1.54) is 19.2 Å². The Bertz CT molecular complexity index is 889. The van der Waals surface area contributed by atoms with Gasteiger partial charge in [-0.3, -0.25) is 4.57 Å². The highest BCUT2D eigenvalue weighted by Gasteiger charge is 2.17. The van der Waals surface area contributed by atoms with Crippen LogP contribution in [-0.2, 0) is 4.74 Å². The minimum Gasteiger partial charge on any atom is -0.464 e. The average molecular weight is 314 g/mol. The van der Waals surface area contributed by atoms with Crippen LogP contribution in [0.25, 0.3) is 16.9 Å². The molecule has 0 saturated carbocycles. The van der Waals surface area contributed by atoms with Gasteiger partial charge in [0.2, 0.25) is 5.95 Å². The zero-order chi connectivity index (χ0) is 16.6. The summed E-state index contributed by atoms with van der Waals surface area (Å²) in [7, 11) is 4.94. The van der Waals surface area contributed by atoms with E-state index in [9.17, 15) is 9.18 Å². The molecule has 0 saturated heterocycles. The first kappa shape index (κ1) is 15.0. The molecule has 0 aliphatic rings. The van der Waals surface area contributed by atoms with E-state index in [1.807, 2.05) is 14.1 Å². The van der Waals surface area contributed by atoms with Gasteiger partial charge in [0.25, 0.3) is 0 Å². The number of carbonyl (C=O) groups is 1. The van der Waals surface area contributed by atoms with Gasteiger partial charge in [0, 0.05) is 25.7 Å². The van der Waals surface area contributed by atoms with E-state index in [-0.39, 0.29) is 5.82 Å². The van der Waals surface area contributed by atoms with Crippen molar-refractivity contribution >= 4 is 22.7 Å². The molecule has 3 aromatic rings. The van der Waals surface area contributed by atoms with E-state index >= 15 is 0 Å². The highest BCUT2D eigenvalue weighted by Crippen LogP contribution is 2.25. The monoisotopic (exact) mass is 314 g/mol. The number of carbonyl (C=O) groups excluding carboxylic acids is 1. The number of benzene rings is 1. The van der Waals surface area contributed by atoms with E-state index in [4.69, 9.17) is 4.74 Å². The molecule has 2 aromatic heterocycles. The number of rotatable bonds is 3. The molecule has 0 unspecified atom stereocenters. The van der Waals surface area contributed by atoms with Crippen LogP contribution in [0.1, 0.15) is 10.5 Å². The summed E-state index contributed by atoms with van der Waals surface area (Å²) in [6.45, 7) is 0. The Morgan fingerprint density at radius 3 is 2.74 bits per heavy atom. The molecule has 23 heavy (non-hydrogen) atoms. The SMILES string of the molecule is COC(=O)c1cccn1-c1nc(N(C)C)c2cc(F)ccc2n1. The molecule has 0 aliphatic carbocycles. The zero-order valence-electron chi connectivity index (χ0n) is 12.9. The number of anilines is 1. The fourth-order valence-electron chi connectivity index (χ4n) is 2.35. The van der Waals surface area contributed by atoms with Crippen molar-refractivity contribution in [1.29, 1.82) is 0 Å². The van der Waals surface area contributed by atoms with Crippen molar-refractivity contribution in [1.82, 2.24) is 14.5 Å². The highest BCUT2D eigenvalue weighted by atomic mass is 19.1. The zero-order valence-corrected chi connectivity index (χ0v) is 12.9. The van der Waals surface area contributed by atoms with Gasteiger partial charge in [-0.15, -0.1) is 0 Å². The van der Waals surface area contributed by atoms with Crippen molar-refractivity contribution in [2.24, 2.45) is 0 Å². The van der Waals surface area contributed by atoms with Gasteiger partial charge in [0.05, 0.1) is 12.6 Å². The second-order valence-corrected chi connectivity index (χ2v) is 5.16. The van der Waals surface area contributed by atoms with Crippen molar-refractivity contribution in [2.45, 2.75) is 0 Å². The molecule has 0 bridgehead atoms. The lowest BCUT2D eigenvalue weighted by atomic mass is 10.2. The first-order chi connectivity index (χ1) is 11.0. The number of hydrogen-bond acceptors (Lipinski definition) is 5. The molecular formula is C16H15FN4O2. The molecular weight excluding hydrogens is 299 g/mol. The van der Waals surface area contributed by atoms with Gasteiger partial charge in [0.1, 0.15) is 17.3 Å². The van der Waals surface area contributed by atoms with Gasteiger partial charge >= 0.3 is 5.97 Å². The predicted octanol–water partition coefficient (Wildman–Crippen LogP) is 2.41. The number of methoxy groups -OCH3 is 1. The Kier molecular flexibility index (Phi) is 3.69. The number of nitrogens with zero attached hydrogens (tertiary/aromatic N) is 4. The summed E-state index contributed by atoms with van der Waals surface area (Å²) in [5, 5.41) is 0.602. The lowest BCUT2D eigenvalue weighted by molar-refractivity contribution is 0.0591. The molecule has 7 heteroatoms. The Balaban J connectivity index is 2.26. The largest absolute Gasteiger partial charge is 0.464 e. The van der Waals surface area contributed by atoms with Crippen LogP contribution in [0.2, 0.25) is 0 Å². The molecule has 118 valence electrons. The van der Waals surface area contributed by atoms with Crippen LogP contribution >= 0.6 is 0 Å². The molecule has 2 heterocycles. The summed E-state index contributed by atoms with van der Waals surface area (Å²) in [5.74, 6) is 0.0459. The first-order valence-electron chi connectivity index (χ1n) is 6.92. The van der Waals surface area contributed by atoms with Gasteiger partial charge in [-0.25, -0.2) is 14.2 Å². The Morgan fingerprint density at radius 2 is 2.04 bits per heavy atom. The maximum Gasteiger partial charge on any atom is 0.355 e. The lowest BCUT2D eigenvalue weighted by Gasteiger charge is -2.16. The van der Waals surface area contributed by atoms with E-state index in [2.05, 4.69) is 9.97 Å². The first-order valence-corrected chi connectivity index (χ1v) is 6.92. The quantitative estimate of drug-likeness (QED) is 0.695. The number of hydrogen-bond donors (Lipinski definition) is 0. The van der Waals surface area contributed by atoms with Crippen LogP contribution in [0.4, 0.5) is 10.2 Å². The van der Waals surface area contributed by atoms with Crippen LogP contribution in [0.3, 0.4) is 0 Å². The Morgan fingerprint density at radius 1 is 1.26 bits per heavy atom. The minimum absolute atomic E-state index is 0.318. The van der Waals surface area contributed by atoms with Gasteiger partial charge in [0.15, 0.2) is 0 Å². The second-order valence-electron chi connectivity index (χ2n) is 5.16. The van der Waals surface area contributed by atoms with Crippen molar-refractivity contribution in [2.75, 3.05) is 26.1 Å². The van der Waals surface area contributed by atoms with Crippen LogP contribution in [0, 0.1) is 5.82 Å². The maximum atomic E-state index is 13.5. The minimum atomic E-state index is -0.482. The summed E-state index contributed by atoms with van der Waals surface area (Å²) in [6.07, 6.45) is 1.68. The van der Waals surface area contributed by atoms with E-state index in [1.54, 1.807) is 33.9 Å². The summed E-state index contributed by atoms with van der Waals surface area (Å²) >= 11 is 0. The predicted molar refractivity (Wildman–Crippen MR) is 84.5 cm³/mol. The van der Waals surface area contributed by atoms with Crippen LogP contribution in [-0.4, -0.2) is 41.7 Å². The molecule has 3 rings (SSSR count). The van der Waals surface area contributed by atoms with Crippen molar-refractivity contribution < 1.29 is 13.9 Å². The highest BCUT2D eigenvalue weighted by molar-refractivity contribution is 5.91. The van der Waals surface area contributed by atoms with Gasteiger partial charge < -0.3 is 9.64 Å². The molecule has 1 aromatic carbocycles. The lowest BCUT2D eigenvalue weighted by Crippen LogP contribution is -2.16. The fourth-order valence-corrected chi connectivity index (χ4v) is 2.35. The third-order valence-electron chi connectivity index (χ3n) is 3.41. The third-order valence-corrected chi connectivity index (χ3v) is 3.41. The molecule has 0 spiro atoms. The average Bonchev–Trinajstić information content (AvgIpc) is 3.02. The van der Waals surface area contributed by atoms with Gasteiger partial charge in [-0.1, -0.05) is 0 Å². The number of fused-ring (bicyclic) bond motifs is 1. The normalized spacial score (nSPS) is 10.8. The smallest absolute Gasteiger partial charge is 0.355 e. The van der Waals surface area contributed by atoms with Crippen molar-refractivity contribution in [3.8, 4) is 5.95 Å². The maximum absolute atomic E-state index is 13.5. The van der Waals surface area contributed by atoms with Crippen LogP contribution in [0.15, 0.2) is 36.5 Å². The molecule has 0 fully saturated rings. The van der Waals surface area contributed by atoms with E-state index in [0.717, 1.165) is 0 Å². The standard InChI is InChI=1S/C16H15FN4O2/c1-20(2)14-11-9-10(17)6-7-12(11)18-16(19-14)21-8-4-5-13(21)15(22)23-3/h4-9H,1-3H3. The number of halogens is 1. The molecule has 0 radical (unpaired) electrons. The summed E-state index contributed by atoms with van der Waals surface area (Å²) in [4.78, 5) is 22.5. The summed E-state index contributed by atoms with van der Waals surface area (Å²) in [6, 6.07) is 7.66.